The number of halogens is 3. The number of hydrogen-bond donors (Lipinski definition) is 0. The number of amides is 1. The zero-order valence-electron chi connectivity index (χ0n) is 11.6. The van der Waals surface area contributed by atoms with Crippen molar-refractivity contribution in [3.8, 4) is 0 Å². The van der Waals surface area contributed by atoms with Gasteiger partial charge in [0.2, 0.25) is 5.91 Å². The van der Waals surface area contributed by atoms with Crippen molar-refractivity contribution in [2.45, 2.75) is 45.3 Å². The van der Waals surface area contributed by atoms with Gasteiger partial charge in [0.25, 0.3) is 0 Å². The summed E-state index contributed by atoms with van der Waals surface area (Å²) in [5, 5.41) is 0. The van der Waals surface area contributed by atoms with Crippen molar-refractivity contribution < 1.29 is 18.0 Å². The fourth-order valence-corrected chi connectivity index (χ4v) is 2.78. The molecule has 0 aliphatic carbocycles. The highest BCUT2D eigenvalue weighted by atomic mass is 19.4. The zero-order chi connectivity index (χ0) is 14.9. The highest BCUT2D eigenvalue weighted by Crippen LogP contribution is 2.35. The Balaban J connectivity index is 2.23. The molecule has 0 spiro atoms. The molecule has 2 rings (SSSR count). The van der Waals surface area contributed by atoms with E-state index in [4.69, 9.17) is 0 Å². The summed E-state index contributed by atoms with van der Waals surface area (Å²) in [7, 11) is 0. The third-order valence-corrected chi connectivity index (χ3v) is 3.72. The van der Waals surface area contributed by atoms with E-state index in [2.05, 4.69) is 0 Å². The molecule has 20 heavy (non-hydrogen) atoms. The van der Waals surface area contributed by atoms with Crippen LogP contribution in [0.1, 0.15) is 42.0 Å². The molecule has 1 atom stereocenters. The summed E-state index contributed by atoms with van der Waals surface area (Å²) in [5.41, 5.74) is 3.05. The van der Waals surface area contributed by atoms with Gasteiger partial charge in [-0.1, -0.05) is 23.8 Å². The van der Waals surface area contributed by atoms with Gasteiger partial charge in [0.1, 0.15) is 6.42 Å². The van der Waals surface area contributed by atoms with E-state index in [-0.39, 0.29) is 6.04 Å². The minimum atomic E-state index is -4.44. The Morgan fingerprint density at radius 3 is 2.70 bits per heavy atom. The normalized spacial score (nSPS) is 19.4. The highest BCUT2D eigenvalue weighted by molar-refractivity contribution is 5.77. The molecule has 1 amide bonds. The molecule has 1 heterocycles. The van der Waals surface area contributed by atoms with Gasteiger partial charge in [0, 0.05) is 6.54 Å². The van der Waals surface area contributed by atoms with Crippen molar-refractivity contribution in [3.05, 3.63) is 34.9 Å². The van der Waals surface area contributed by atoms with Crippen LogP contribution in [0.3, 0.4) is 0 Å². The lowest BCUT2D eigenvalue weighted by atomic mass is 9.97. The first-order chi connectivity index (χ1) is 9.28. The van der Waals surface area contributed by atoms with Crippen molar-refractivity contribution in [3.63, 3.8) is 0 Å². The Bertz CT molecular complexity index is 510. The maximum atomic E-state index is 12.4. The van der Waals surface area contributed by atoms with Crippen LogP contribution in [-0.2, 0) is 4.79 Å². The molecule has 5 heteroatoms. The Hall–Kier alpha value is -1.52. The number of aryl methyl sites for hydroxylation is 2. The van der Waals surface area contributed by atoms with Crippen LogP contribution < -0.4 is 0 Å². The number of nitrogens with zero attached hydrogens (tertiary/aromatic N) is 1. The lowest BCUT2D eigenvalue weighted by Gasteiger charge is -2.27. The monoisotopic (exact) mass is 285 g/mol. The molecule has 1 aromatic rings. The van der Waals surface area contributed by atoms with Crippen LogP contribution in [0.25, 0.3) is 0 Å². The van der Waals surface area contributed by atoms with Gasteiger partial charge < -0.3 is 4.90 Å². The summed E-state index contributed by atoms with van der Waals surface area (Å²) in [6.07, 6.45) is -4.32. The second-order valence-electron chi connectivity index (χ2n) is 5.40. The molecule has 1 fully saturated rings. The Morgan fingerprint density at radius 2 is 2.05 bits per heavy atom. The van der Waals surface area contributed by atoms with Gasteiger partial charge in [-0.05, 0) is 37.8 Å². The molecule has 1 aliphatic rings. The molecule has 0 radical (unpaired) electrons. The summed E-state index contributed by atoms with van der Waals surface area (Å²) in [5.74, 6) is -0.819. The van der Waals surface area contributed by atoms with E-state index < -0.39 is 18.5 Å². The minimum absolute atomic E-state index is 0.218. The second-order valence-corrected chi connectivity index (χ2v) is 5.40. The Labute approximate surface area is 116 Å². The summed E-state index contributed by atoms with van der Waals surface area (Å²) >= 11 is 0. The number of benzene rings is 1. The topological polar surface area (TPSA) is 20.3 Å². The molecule has 0 unspecified atom stereocenters. The Kier molecular flexibility index (Phi) is 4.06. The van der Waals surface area contributed by atoms with E-state index in [0.29, 0.717) is 6.54 Å². The smallest absolute Gasteiger partial charge is 0.335 e. The standard InChI is InChI=1S/C15H18F3NO/c1-10-5-6-11(2)12(8-10)13-4-3-7-19(13)14(20)9-15(16,17)18/h5-6,8,13H,3-4,7,9H2,1-2H3/t13-/m1/s1. The number of carbonyl (C=O) groups is 1. The van der Waals surface area contributed by atoms with Crippen LogP contribution in [0.4, 0.5) is 13.2 Å². The number of alkyl halides is 3. The number of likely N-dealkylation sites (tertiary alicyclic amines) is 1. The molecule has 1 aromatic carbocycles. The van der Waals surface area contributed by atoms with Crippen LogP contribution in [-0.4, -0.2) is 23.5 Å². The highest BCUT2D eigenvalue weighted by Gasteiger charge is 2.38. The molecule has 110 valence electrons. The first kappa shape index (κ1) is 14.9. The first-order valence-corrected chi connectivity index (χ1v) is 6.71. The van der Waals surface area contributed by atoms with Gasteiger partial charge >= 0.3 is 6.18 Å². The van der Waals surface area contributed by atoms with Gasteiger partial charge in [-0.15, -0.1) is 0 Å². The van der Waals surface area contributed by atoms with E-state index >= 15 is 0 Å². The van der Waals surface area contributed by atoms with Crippen LogP contribution in [0.5, 0.6) is 0 Å². The van der Waals surface area contributed by atoms with Gasteiger partial charge in [0.15, 0.2) is 0 Å². The van der Waals surface area contributed by atoms with E-state index in [1.165, 1.54) is 4.90 Å². The number of rotatable bonds is 2. The molecule has 0 N–H and O–H groups in total. The van der Waals surface area contributed by atoms with Gasteiger partial charge in [-0.25, -0.2) is 0 Å². The third kappa shape index (κ3) is 3.32. The molecule has 0 aromatic heterocycles. The molecule has 0 saturated carbocycles. The quantitative estimate of drug-likeness (QED) is 0.806. The van der Waals surface area contributed by atoms with Crippen molar-refractivity contribution >= 4 is 5.91 Å². The number of hydrogen-bond acceptors (Lipinski definition) is 1. The van der Waals surface area contributed by atoms with Crippen LogP contribution in [0.2, 0.25) is 0 Å². The lowest BCUT2D eigenvalue weighted by molar-refractivity contribution is -0.162. The van der Waals surface area contributed by atoms with Crippen molar-refractivity contribution in [1.29, 1.82) is 0 Å². The molecule has 1 aliphatic heterocycles. The van der Waals surface area contributed by atoms with E-state index in [9.17, 15) is 18.0 Å². The Morgan fingerprint density at radius 1 is 1.35 bits per heavy atom. The lowest BCUT2D eigenvalue weighted by Crippen LogP contribution is -2.34. The van der Waals surface area contributed by atoms with Crippen LogP contribution in [0, 0.1) is 13.8 Å². The maximum absolute atomic E-state index is 12.4. The molecule has 0 bridgehead atoms. The summed E-state index contributed by atoms with van der Waals surface area (Å²) < 4.78 is 37.2. The fraction of sp³-hybridized carbons (Fsp3) is 0.533. The minimum Gasteiger partial charge on any atom is -0.335 e. The largest absolute Gasteiger partial charge is 0.397 e. The average Bonchev–Trinajstić information content (AvgIpc) is 2.79. The SMILES string of the molecule is Cc1ccc(C)c([C@H]2CCCN2C(=O)CC(F)(F)F)c1. The van der Waals surface area contributed by atoms with Gasteiger partial charge in [0.05, 0.1) is 6.04 Å². The van der Waals surface area contributed by atoms with Crippen molar-refractivity contribution in [2.75, 3.05) is 6.54 Å². The van der Waals surface area contributed by atoms with Crippen molar-refractivity contribution in [2.24, 2.45) is 0 Å². The first-order valence-electron chi connectivity index (χ1n) is 6.71. The van der Waals surface area contributed by atoms with E-state index in [1.807, 2.05) is 32.0 Å². The summed E-state index contributed by atoms with van der Waals surface area (Å²) in [4.78, 5) is 13.2. The number of carbonyl (C=O) groups excluding carboxylic acids is 1. The second kappa shape index (κ2) is 5.46. The van der Waals surface area contributed by atoms with E-state index in [0.717, 1.165) is 29.5 Å². The molecular formula is C15H18F3NO. The maximum Gasteiger partial charge on any atom is 0.397 e. The summed E-state index contributed by atoms with van der Waals surface area (Å²) in [6.45, 7) is 4.28. The van der Waals surface area contributed by atoms with Crippen LogP contribution in [0.15, 0.2) is 18.2 Å². The van der Waals surface area contributed by atoms with Crippen molar-refractivity contribution in [1.82, 2.24) is 4.90 Å². The average molecular weight is 285 g/mol. The summed E-state index contributed by atoms with van der Waals surface area (Å²) in [6, 6.07) is 5.68. The van der Waals surface area contributed by atoms with Gasteiger partial charge in [-0.2, -0.15) is 13.2 Å². The zero-order valence-corrected chi connectivity index (χ0v) is 11.6. The van der Waals surface area contributed by atoms with Crippen LogP contribution >= 0.6 is 0 Å². The predicted molar refractivity (Wildman–Crippen MR) is 70.3 cm³/mol. The molecule has 2 nitrogen and oxygen atoms in total. The fourth-order valence-electron chi connectivity index (χ4n) is 2.78. The third-order valence-electron chi connectivity index (χ3n) is 3.72. The molecule has 1 saturated heterocycles. The van der Waals surface area contributed by atoms with Gasteiger partial charge in [-0.3, -0.25) is 4.79 Å². The van der Waals surface area contributed by atoms with E-state index in [1.54, 1.807) is 0 Å². The molecular weight excluding hydrogens is 267 g/mol. The predicted octanol–water partition coefficient (Wildman–Crippen LogP) is 3.92.